The Balaban J connectivity index is 0.00000450. The molecule has 1 amide bonds. The van der Waals surface area contributed by atoms with Gasteiger partial charge in [0.1, 0.15) is 5.60 Å². The van der Waals surface area contributed by atoms with Crippen LogP contribution >= 0.6 is 35.3 Å². The summed E-state index contributed by atoms with van der Waals surface area (Å²) >= 11 is 1.72. The highest BCUT2D eigenvalue weighted by molar-refractivity contribution is 14.0. The molecule has 2 heterocycles. The second-order valence-corrected chi connectivity index (χ2v) is 9.45. The number of likely N-dealkylation sites (tertiary alicyclic amines) is 1. The van der Waals surface area contributed by atoms with E-state index in [2.05, 4.69) is 43.1 Å². The lowest BCUT2D eigenvalue weighted by Gasteiger charge is -2.31. The Morgan fingerprint density at radius 3 is 2.50 bits per heavy atom. The number of carbonyl (C=O) groups is 1. The van der Waals surface area contributed by atoms with Gasteiger partial charge in [-0.05, 0) is 59.5 Å². The summed E-state index contributed by atoms with van der Waals surface area (Å²) in [5, 5.41) is 12.7. The van der Waals surface area contributed by atoms with Gasteiger partial charge in [0.15, 0.2) is 5.96 Å². The van der Waals surface area contributed by atoms with E-state index in [0.717, 1.165) is 37.1 Å². The van der Waals surface area contributed by atoms with Crippen LogP contribution in [0.1, 0.15) is 44.3 Å². The fraction of sp³-hybridized carbons (Fsp3) is 0.750. The molecule has 172 valence electrons. The zero-order valence-corrected chi connectivity index (χ0v) is 21.9. The Morgan fingerprint density at radius 1 is 1.27 bits per heavy atom. The molecule has 3 N–H and O–H groups in total. The Kier molecular flexibility index (Phi) is 11.9. The van der Waals surface area contributed by atoms with E-state index in [9.17, 15) is 4.79 Å². The normalized spacial score (nSPS) is 16.0. The molecule has 0 unspecified atom stereocenters. The number of carbonyl (C=O) groups excluding carboxylic acids is 1. The number of nitrogens with zero attached hydrogens (tertiary/aromatic N) is 3. The molecule has 0 radical (unpaired) electrons. The number of aromatic nitrogens is 1. The van der Waals surface area contributed by atoms with E-state index in [1.807, 2.05) is 20.8 Å². The van der Waals surface area contributed by atoms with Crippen molar-refractivity contribution < 1.29 is 9.53 Å². The first kappa shape index (κ1) is 26.9. The molecule has 10 heteroatoms. The summed E-state index contributed by atoms with van der Waals surface area (Å²) in [5.41, 5.74) is 0.706. The average Bonchev–Trinajstić information content (AvgIpc) is 3.05. The van der Waals surface area contributed by atoms with Crippen LogP contribution in [0.3, 0.4) is 0 Å². The van der Waals surface area contributed by atoms with Crippen LogP contribution in [0, 0.1) is 12.8 Å². The molecule has 1 aromatic heterocycles. The number of thiazole rings is 1. The molecule has 0 bridgehead atoms. The van der Waals surface area contributed by atoms with E-state index in [1.54, 1.807) is 18.4 Å². The van der Waals surface area contributed by atoms with E-state index in [0.29, 0.717) is 19.0 Å². The number of alkyl carbamates (subject to hydrolysis) is 1. The zero-order valence-electron chi connectivity index (χ0n) is 18.8. The Bertz CT molecular complexity index is 668. The predicted octanol–water partition coefficient (Wildman–Crippen LogP) is 2.97. The number of nitrogens with one attached hydrogen (secondary N) is 3. The van der Waals surface area contributed by atoms with Gasteiger partial charge in [0.2, 0.25) is 0 Å². The average molecular weight is 553 g/mol. The van der Waals surface area contributed by atoms with Crippen LogP contribution in [0.4, 0.5) is 4.79 Å². The summed E-state index contributed by atoms with van der Waals surface area (Å²) in [7, 11) is 1.76. The smallest absolute Gasteiger partial charge is 0.407 e. The van der Waals surface area contributed by atoms with Gasteiger partial charge in [-0.2, -0.15) is 0 Å². The highest BCUT2D eigenvalue weighted by Crippen LogP contribution is 2.19. The van der Waals surface area contributed by atoms with E-state index >= 15 is 0 Å². The van der Waals surface area contributed by atoms with Gasteiger partial charge in [0.25, 0.3) is 0 Å². The fourth-order valence-corrected chi connectivity index (χ4v) is 3.78. The minimum absolute atomic E-state index is 0. The molecule has 0 aliphatic carbocycles. The Labute approximate surface area is 201 Å². The summed E-state index contributed by atoms with van der Waals surface area (Å²) in [6, 6.07) is 0. The number of rotatable bonds is 7. The molecular formula is C20H37IN6O2S. The number of halogens is 1. The SMILES string of the molecule is CN=C(NCCNC(=O)OC(C)(C)C)NCC1CCN(Cc2csc(C)n2)CC1.I. The van der Waals surface area contributed by atoms with Crippen molar-refractivity contribution in [3.63, 3.8) is 0 Å². The molecule has 1 saturated heterocycles. The van der Waals surface area contributed by atoms with E-state index in [1.165, 1.54) is 18.5 Å². The quantitative estimate of drug-likeness (QED) is 0.209. The van der Waals surface area contributed by atoms with Gasteiger partial charge in [-0.3, -0.25) is 9.89 Å². The van der Waals surface area contributed by atoms with E-state index < -0.39 is 11.7 Å². The monoisotopic (exact) mass is 552 g/mol. The van der Waals surface area contributed by atoms with Crippen molar-refractivity contribution in [3.05, 3.63) is 16.1 Å². The van der Waals surface area contributed by atoms with Crippen LogP contribution in [0.2, 0.25) is 0 Å². The summed E-state index contributed by atoms with van der Waals surface area (Å²) in [6.07, 6.45) is 1.95. The number of hydrogen-bond acceptors (Lipinski definition) is 6. The molecule has 0 atom stereocenters. The standard InChI is InChI=1S/C20H36N6O2S.HI/c1-15-25-17(14-29-15)13-26-10-6-16(7-11-26)12-24-18(21-5)22-8-9-23-19(27)28-20(2,3)4;/h14,16H,6-13H2,1-5H3,(H,23,27)(H2,21,22,24);1H. The summed E-state index contributed by atoms with van der Waals surface area (Å²) in [6.45, 7) is 12.7. The molecule has 30 heavy (non-hydrogen) atoms. The van der Waals surface area contributed by atoms with Crippen LogP contribution in [-0.2, 0) is 11.3 Å². The van der Waals surface area contributed by atoms with E-state index in [4.69, 9.17) is 4.74 Å². The third-order valence-corrected chi connectivity index (χ3v) is 5.45. The molecule has 1 aliphatic heterocycles. The van der Waals surface area contributed by atoms with Gasteiger partial charge in [0, 0.05) is 38.6 Å². The summed E-state index contributed by atoms with van der Waals surface area (Å²) in [5.74, 6) is 1.40. The number of amides is 1. The molecule has 1 aromatic rings. The Morgan fingerprint density at radius 2 is 1.93 bits per heavy atom. The highest BCUT2D eigenvalue weighted by atomic mass is 127. The zero-order chi connectivity index (χ0) is 21.3. The third-order valence-electron chi connectivity index (χ3n) is 4.63. The Hall–Kier alpha value is -1.14. The maximum Gasteiger partial charge on any atom is 0.407 e. The number of guanidine groups is 1. The van der Waals surface area contributed by atoms with E-state index in [-0.39, 0.29) is 24.0 Å². The molecule has 0 spiro atoms. The second kappa shape index (κ2) is 13.3. The number of piperidine rings is 1. The van der Waals surface area contributed by atoms with Gasteiger partial charge < -0.3 is 20.7 Å². The first-order valence-corrected chi connectivity index (χ1v) is 11.2. The van der Waals surface area contributed by atoms with Crippen LogP contribution in [0.25, 0.3) is 0 Å². The lowest BCUT2D eigenvalue weighted by atomic mass is 9.97. The number of hydrogen-bond donors (Lipinski definition) is 3. The van der Waals surface area contributed by atoms with Gasteiger partial charge >= 0.3 is 6.09 Å². The van der Waals surface area contributed by atoms with Crippen LogP contribution < -0.4 is 16.0 Å². The topological polar surface area (TPSA) is 90.9 Å². The van der Waals surface area contributed by atoms with Crippen molar-refractivity contribution >= 4 is 47.4 Å². The summed E-state index contributed by atoms with van der Waals surface area (Å²) in [4.78, 5) is 22.9. The molecule has 8 nitrogen and oxygen atoms in total. The van der Waals surface area contributed by atoms with Crippen LogP contribution in [0.5, 0.6) is 0 Å². The lowest BCUT2D eigenvalue weighted by molar-refractivity contribution is 0.0529. The largest absolute Gasteiger partial charge is 0.444 e. The summed E-state index contributed by atoms with van der Waals surface area (Å²) < 4.78 is 5.21. The van der Waals surface area contributed by atoms with Crippen LogP contribution in [0.15, 0.2) is 10.4 Å². The van der Waals surface area contributed by atoms with Gasteiger partial charge in [0.05, 0.1) is 10.7 Å². The molecule has 1 aliphatic rings. The lowest BCUT2D eigenvalue weighted by Crippen LogP contribution is -2.45. The molecule has 1 fully saturated rings. The van der Waals surface area contributed by atoms with Crippen molar-refractivity contribution in [1.82, 2.24) is 25.8 Å². The van der Waals surface area contributed by atoms with Gasteiger partial charge in [-0.15, -0.1) is 35.3 Å². The number of aliphatic imine (C=N–C) groups is 1. The van der Waals surface area contributed by atoms with Gasteiger partial charge in [-0.1, -0.05) is 0 Å². The minimum atomic E-state index is -0.482. The number of ether oxygens (including phenoxy) is 1. The molecular weight excluding hydrogens is 515 g/mol. The van der Waals surface area contributed by atoms with Crippen molar-refractivity contribution in [2.24, 2.45) is 10.9 Å². The molecule has 0 saturated carbocycles. The number of aryl methyl sites for hydroxylation is 1. The van der Waals surface area contributed by atoms with Crippen LogP contribution in [-0.4, -0.2) is 67.3 Å². The predicted molar refractivity (Wildman–Crippen MR) is 134 cm³/mol. The third kappa shape index (κ3) is 10.8. The van der Waals surface area contributed by atoms with Crippen molar-refractivity contribution in [3.8, 4) is 0 Å². The maximum atomic E-state index is 11.6. The molecule has 2 rings (SSSR count). The second-order valence-electron chi connectivity index (χ2n) is 8.39. The maximum absolute atomic E-state index is 11.6. The highest BCUT2D eigenvalue weighted by Gasteiger charge is 2.20. The fourth-order valence-electron chi connectivity index (χ4n) is 3.18. The van der Waals surface area contributed by atoms with Gasteiger partial charge in [-0.25, -0.2) is 9.78 Å². The van der Waals surface area contributed by atoms with Crippen molar-refractivity contribution in [1.29, 1.82) is 0 Å². The minimum Gasteiger partial charge on any atom is -0.444 e. The first-order chi connectivity index (χ1) is 13.7. The van der Waals surface area contributed by atoms with Crippen molar-refractivity contribution in [2.75, 3.05) is 39.8 Å². The van der Waals surface area contributed by atoms with Crippen molar-refractivity contribution in [2.45, 2.75) is 52.7 Å². The molecule has 0 aromatic carbocycles. The first-order valence-electron chi connectivity index (χ1n) is 10.3.